The molecular formula is C8H9N3O2S2. The molecule has 0 saturated carbocycles. The second kappa shape index (κ2) is 3.35. The normalized spacial score (nSPS) is 11.8. The number of thiophene rings is 1. The second-order valence-corrected chi connectivity index (χ2v) is 5.96. The summed E-state index contributed by atoms with van der Waals surface area (Å²) in [4.78, 5) is 0.879. The van der Waals surface area contributed by atoms with Gasteiger partial charge in [-0.1, -0.05) is 6.07 Å². The second-order valence-electron chi connectivity index (χ2n) is 3.06. The topological polar surface area (TPSA) is 88.8 Å². The molecule has 0 fully saturated rings. The fourth-order valence-electron chi connectivity index (χ4n) is 1.31. The van der Waals surface area contributed by atoms with Gasteiger partial charge in [0.05, 0.1) is 10.6 Å². The lowest BCUT2D eigenvalue weighted by molar-refractivity contribution is 0.602. The summed E-state index contributed by atoms with van der Waals surface area (Å²) in [5.74, 6) is 0.0147. The first-order chi connectivity index (χ1) is 7.00. The Morgan fingerprint density at radius 1 is 1.53 bits per heavy atom. The van der Waals surface area contributed by atoms with Crippen molar-refractivity contribution in [3.8, 4) is 10.6 Å². The third kappa shape index (κ3) is 1.75. The SMILES string of the molecule is CS(=O)(=O)c1c(N)n[nH]c1-c1cccs1. The minimum absolute atomic E-state index is 0.0147. The Hall–Kier alpha value is -1.34. The zero-order valence-corrected chi connectivity index (χ0v) is 9.52. The Bertz CT molecular complexity index is 569. The fraction of sp³-hybridized carbons (Fsp3) is 0.125. The Morgan fingerprint density at radius 3 is 2.80 bits per heavy atom. The Morgan fingerprint density at radius 2 is 2.27 bits per heavy atom. The molecule has 2 heterocycles. The van der Waals surface area contributed by atoms with E-state index in [9.17, 15) is 8.42 Å². The number of nitrogens with one attached hydrogen (secondary N) is 1. The summed E-state index contributed by atoms with van der Waals surface area (Å²) < 4.78 is 23.0. The van der Waals surface area contributed by atoms with Gasteiger partial charge in [-0.2, -0.15) is 5.10 Å². The molecule has 15 heavy (non-hydrogen) atoms. The molecular weight excluding hydrogens is 234 g/mol. The zero-order valence-electron chi connectivity index (χ0n) is 7.89. The molecule has 3 N–H and O–H groups in total. The van der Waals surface area contributed by atoms with Gasteiger partial charge in [0.2, 0.25) is 0 Å². The van der Waals surface area contributed by atoms with Crippen LogP contribution in [0, 0.1) is 0 Å². The first-order valence-electron chi connectivity index (χ1n) is 4.08. The number of hydrogen-bond donors (Lipinski definition) is 2. The van der Waals surface area contributed by atoms with Crippen LogP contribution in [0.3, 0.4) is 0 Å². The van der Waals surface area contributed by atoms with Crippen molar-refractivity contribution in [2.75, 3.05) is 12.0 Å². The lowest BCUT2D eigenvalue weighted by Gasteiger charge is -1.98. The number of rotatable bonds is 2. The van der Waals surface area contributed by atoms with E-state index in [1.807, 2.05) is 17.5 Å². The molecule has 2 rings (SSSR count). The molecule has 0 aliphatic carbocycles. The van der Waals surface area contributed by atoms with Gasteiger partial charge < -0.3 is 5.73 Å². The average molecular weight is 243 g/mol. The van der Waals surface area contributed by atoms with Gasteiger partial charge in [-0.3, -0.25) is 5.10 Å². The number of H-pyrrole nitrogens is 1. The van der Waals surface area contributed by atoms with Crippen molar-refractivity contribution in [3.63, 3.8) is 0 Å². The minimum Gasteiger partial charge on any atom is -0.381 e. The summed E-state index contributed by atoms with van der Waals surface area (Å²) in [6.07, 6.45) is 1.12. The molecule has 80 valence electrons. The van der Waals surface area contributed by atoms with E-state index in [1.54, 1.807) is 0 Å². The predicted molar refractivity (Wildman–Crippen MR) is 59.4 cm³/mol. The van der Waals surface area contributed by atoms with E-state index in [0.717, 1.165) is 11.1 Å². The molecule has 0 bridgehead atoms. The minimum atomic E-state index is -3.36. The number of nitrogens with zero attached hydrogens (tertiary/aromatic N) is 1. The number of anilines is 1. The Labute approximate surface area is 90.9 Å². The van der Waals surface area contributed by atoms with Crippen LogP contribution in [-0.4, -0.2) is 24.9 Å². The fourth-order valence-corrected chi connectivity index (χ4v) is 3.05. The van der Waals surface area contributed by atoms with Crippen LogP contribution in [0.25, 0.3) is 10.6 Å². The number of nitrogens with two attached hydrogens (primary N) is 1. The van der Waals surface area contributed by atoms with Gasteiger partial charge >= 0.3 is 0 Å². The van der Waals surface area contributed by atoms with Crippen LogP contribution in [0.1, 0.15) is 0 Å². The van der Waals surface area contributed by atoms with Gasteiger partial charge in [0.25, 0.3) is 0 Å². The van der Waals surface area contributed by atoms with E-state index in [-0.39, 0.29) is 10.7 Å². The number of hydrogen-bond acceptors (Lipinski definition) is 5. The molecule has 0 saturated heterocycles. The van der Waals surface area contributed by atoms with Crippen LogP contribution in [0.4, 0.5) is 5.82 Å². The Balaban J connectivity index is 2.70. The zero-order chi connectivity index (χ0) is 11.1. The monoisotopic (exact) mass is 243 g/mol. The third-order valence-electron chi connectivity index (χ3n) is 1.89. The summed E-state index contributed by atoms with van der Waals surface area (Å²) in [7, 11) is -3.36. The molecule has 0 aliphatic rings. The maximum Gasteiger partial charge on any atom is 0.181 e. The van der Waals surface area contributed by atoms with Gasteiger partial charge in [-0.15, -0.1) is 11.3 Å². The molecule has 2 aromatic rings. The van der Waals surface area contributed by atoms with Crippen molar-refractivity contribution < 1.29 is 8.42 Å². The van der Waals surface area contributed by atoms with Crippen LogP contribution < -0.4 is 5.73 Å². The van der Waals surface area contributed by atoms with E-state index in [4.69, 9.17) is 5.73 Å². The highest BCUT2D eigenvalue weighted by Crippen LogP contribution is 2.31. The van der Waals surface area contributed by atoms with Gasteiger partial charge in [0, 0.05) is 6.26 Å². The summed E-state index contributed by atoms with van der Waals surface area (Å²) in [5, 5.41) is 8.22. The summed E-state index contributed by atoms with van der Waals surface area (Å²) in [5.41, 5.74) is 5.98. The molecule has 0 unspecified atom stereocenters. The molecule has 0 amide bonds. The summed E-state index contributed by atoms with van der Waals surface area (Å²) >= 11 is 1.43. The summed E-state index contributed by atoms with van der Waals surface area (Å²) in [6.45, 7) is 0. The lowest BCUT2D eigenvalue weighted by Crippen LogP contribution is -2.01. The number of aromatic nitrogens is 2. The van der Waals surface area contributed by atoms with E-state index in [1.165, 1.54) is 11.3 Å². The predicted octanol–water partition coefficient (Wildman–Crippen LogP) is 1.12. The molecule has 0 radical (unpaired) electrons. The van der Waals surface area contributed by atoms with E-state index in [0.29, 0.717) is 5.69 Å². The number of sulfone groups is 1. The maximum absolute atomic E-state index is 11.5. The van der Waals surface area contributed by atoms with E-state index >= 15 is 0 Å². The highest BCUT2D eigenvalue weighted by Gasteiger charge is 2.22. The highest BCUT2D eigenvalue weighted by atomic mass is 32.2. The first-order valence-corrected chi connectivity index (χ1v) is 6.85. The summed E-state index contributed by atoms with van der Waals surface area (Å²) in [6, 6.07) is 3.65. The van der Waals surface area contributed by atoms with Crippen LogP contribution in [0.2, 0.25) is 0 Å². The highest BCUT2D eigenvalue weighted by molar-refractivity contribution is 7.91. The van der Waals surface area contributed by atoms with Crippen molar-refractivity contribution in [3.05, 3.63) is 17.5 Å². The van der Waals surface area contributed by atoms with Gasteiger partial charge in [0.15, 0.2) is 15.7 Å². The van der Waals surface area contributed by atoms with Crippen LogP contribution in [0.15, 0.2) is 22.4 Å². The largest absolute Gasteiger partial charge is 0.381 e. The molecule has 7 heteroatoms. The Kier molecular flexibility index (Phi) is 2.28. The van der Waals surface area contributed by atoms with Crippen molar-refractivity contribution >= 4 is 27.0 Å². The van der Waals surface area contributed by atoms with Crippen LogP contribution >= 0.6 is 11.3 Å². The average Bonchev–Trinajstić information content (AvgIpc) is 2.68. The third-order valence-corrected chi connectivity index (χ3v) is 3.93. The molecule has 0 aliphatic heterocycles. The van der Waals surface area contributed by atoms with Crippen molar-refractivity contribution in [2.24, 2.45) is 0 Å². The van der Waals surface area contributed by atoms with Gasteiger partial charge in [0.1, 0.15) is 4.90 Å². The molecule has 0 aromatic carbocycles. The number of nitrogen functional groups attached to an aromatic ring is 1. The van der Waals surface area contributed by atoms with E-state index in [2.05, 4.69) is 10.2 Å². The van der Waals surface area contributed by atoms with Crippen molar-refractivity contribution in [1.82, 2.24) is 10.2 Å². The van der Waals surface area contributed by atoms with Gasteiger partial charge in [-0.05, 0) is 11.4 Å². The maximum atomic E-state index is 11.5. The van der Waals surface area contributed by atoms with Gasteiger partial charge in [-0.25, -0.2) is 8.42 Å². The van der Waals surface area contributed by atoms with Crippen molar-refractivity contribution in [1.29, 1.82) is 0 Å². The molecule has 2 aromatic heterocycles. The molecule has 5 nitrogen and oxygen atoms in total. The smallest absolute Gasteiger partial charge is 0.181 e. The number of aromatic amines is 1. The van der Waals surface area contributed by atoms with Crippen molar-refractivity contribution in [2.45, 2.75) is 4.90 Å². The van der Waals surface area contributed by atoms with E-state index < -0.39 is 9.84 Å². The van der Waals surface area contributed by atoms with Crippen LogP contribution in [0.5, 0.6) is 0 Å². The lowest BCUT2D eigenvalue weighted by atomic mass is 10.3. The molecule has 0 spiro atoms. The molecule has 0 atom stereocenters. The standard InChI is InChI=1S/C8H9N3O2S2/c1-15(12,13)7-6(10-11-8(7)9)5-3-2-4-14-5/h2-4H,1H3,(H3,9,10,11). The quantitative estimate of drug-likeness (QED) is 0.827. The van der Waals surface area contributed by atoms with Crippen LogP contribution in [-0.2, 0) is 9.84 Å². The first kappa shape index (κ1) is 10.2.